The number of carbonyl (C=O) groups is 2. The fourth-order valence-electron chi connectivity index (χ4n) is 3.38. The van der Waals surface area contributed by atoms with Gasteiger partial charge in [-0.15, -0.1) is 0 Å². The highest BCUT2D eigenvalue weighted by Gasteiger charge is 2.26. The van der Waals surface area contributed by atoms with Gasteiger partial charge in [0.25, 0.3) is 5.91 Å². The molecule has 1 aromatic heterocycles. The Morgan fingerprint density at radius 3 is 2.28 bits per heavy atom. The summed E-state index contributed by atoms with van der Waals surface area (Å²) in [4.78, 5) is 32.0. The van der Waals surface area contributed by atoms with Crippen LogP contribution in [0.5, 0.6) is 0 Å². The topological polar surface area (TPSA) is 56.4 Å². The number of nitrogens with one attached hydrogen (secondary N) is 1. The van der Waals surface area contributed by atoms with Gasteiger partial charge < -0.3 is 14.8 Å². The summed E-state index contributed by atoms with van der Waals surface area (Å²) in [6.45, 7) is 8.26. The van der Waals surface area contributed by atoms with E-state index in [1.54, 1.807) is 0 Å². The number of H-pyrrole nitrogens is 1. The van der Waals surface area contributed by atoms with Gasteiger partial charge >= 0.3 is 0 Å². The third kappa shape index (κ3) is 3.92. The molecule has 1 fully saturated rings. The first-order valence-corrected chi connectivity index (χ1v) is 8.73. The maximum atomic E-state index is 12.6. The Morgan fingerprint density at radius 1 is 1.00 bits per heavy atom. The monoisotopic (exact) mass is 339 g/mol. The van der Waals surface area contributed by atoms with Crippen LogP contribution >= 0.6 is 0 Å². The fourth-order valence-corrected chi connectivity index (χ4v) is 3.38. The molecular formula is C20H25N3O2. The van der Waals surface area contributed by atoms with E-state index < -0.39 is 0 Å². The van der Waals surface area contributed by atoms with Crippen molar-refractivity contribution in [3.63, 3.8) is 0 Å². The molecule has 1 aromatic carbocycles. The lowest BCUT2D eigenvalue weighted by Gasteiger charge is -2.35. The molecule has 132 valence electrons. The minimum Gasteiger partial charge on any atom is -0.362 e. The lowest BCUT2D eigenvalue weighted by Crippen LogP contribution is -2.51. The molecule has 0 spiro atoms. The van der Waals surface area contributed by atoms with E-state index in [2.05, 4.69) is 11.1 Å². The van der Waals surface area contributed by atoms with Gasteiger partial charge in [-0.05, 0) is 32.4 Å². The molecule has 2 aromatic rings. The Kier molecular flexibility index (Phi) is 4.93. The van der Waals surface area contributed by atoms with Crippen LogP contribution in [0, 0.1) is 20.8 Å². The van der Waals surface area contributed by atoms with Crippen molar-refractivity contribution in [1.29, 1.82) is 0 Å². The van der Waals surface area contributed by atoms with E-state index in [9.17, 15) is 9.59 Å². The zero-order valence-corrected chi connectivity index (χ0v) is 15.1. The van der Waals surface area contributed by atoms with E-state index in [1.165, 1.54) is 0 Å². The van der Waals surface area contributed by atoms with Gasteiger partial charge in [0.2, 0.25) is 5.91 Å². The van der Waals surface area contributed by atoms with Crippen LogP contribution < -0.4 is 0 Å². The summed E-state index contributed by atoms with van der Waals surface area (Å²) in [6, 6.07) is 9.95. The van der Waals surface area contributed by atoms with Crippen molar-refractivity contribution in [2.75, 3.05) is 26.2 Å². The number of hydrogen-bond donors (Lipinski definition) is 1. The number of piperazine rings is 1. The smallest absolute Gasteiger partial charge is 0.255 e. The lowest BCUT2D eigenvalue weighted by molar-refractivity contribution is -0.131. The highest BCUT2D eigenvalue weighted by Crippen LogP contribution is 2.15. The van der Waals surface area contributed by atoms with Crippen LogP contribution in [0.3, 0.4) is 0 Å². The summed E-state index contributed by atoms with van der Waals surface area (Å²) < 4.78 is 0. The maximum Gasteiger partial charge on any atom is 0.255 e. The highest BCUT2D eigenvalue weighted by molar-refractivity contribution is 5.95. The van der Waals surface area contributed by atoms with Crippen LogP contribution in [-0.4, -0.2) is 52.8 Å². The van der Waals surface area contributed by atoms with Gasteiger partial charge in [0.15, 0.2) is 0 Å². The van der Waals surface area contributed by atoms with E-state index in [0.717, 1.165) is 28.1 Å². The molecule has 5 nitrogen and oxygen atoms in total. The molecule has 1 saturated heterocycles. The third-order valence-corrected chi connectivity index (χ3v) is 4.74. The molecule has 0 bridgehead atoms. The van der Waals surface area contributed by atoms with Gasteiger partial charge in [0, 0.05) is 37.6 Å². The van der Waals surface area contributed by atoms with E-state index >= 15 is 0 Å². The number of aryl methyl sites for hydroxylation is 3. The van der Waals surface area contributed by atoms with Crippen LogP contribution in [0.15, 0.2) is 30.3 Å². The number of nitrogens with zero attached hydrogens (tertiary/aromatic N) is 2. The van der Waals surface area contributed by atoms with Crippen molar-refractivity contribution in [2.24, 2.45) is 0 Å². The number of rotatable bonds is 3. The zero-order chi connectivity index (χ0) is 18.0. The molecule has 2 amide bonds. The number of aromatic amines is 1. The molecule has 5 heteroatoms. The Bertz CT molecular complexity index is 786. The average Bonchev–Trinajstić information content (AvgIpc) is 2.92. The Hall–Kier alpha value is -2.56. The first kappa shape index (κ1) is 17.3. The standard InChI is InChI=1S/C20H25N3O2/c1-14-5-4-6-17(11-14)13-19(24)22-7-9-23(10-8-22)20(25)18-12-15(2)21-16(18)3/h4-6,11-12,21H,7-10,13H2,1-3H3. The first-order valence-electron chi connectivity index (χ1n) is 8.73. The van der Waals surface area contributed by atoms with Crippen LogP contribution in [0.25, 0.3) is 0 Å². The van der Waals surface area contributed by atoms with Crippen LogP contribution in [0.4, 0.5) is 0 Å². The number of aromatic nitrogens is 1. The maximum absolute atomic E-state index is 12.6. The predicted octanol–water partition coefficient (Wildman–Crippen LogP) is 2.47. The minimum atomic E-state index is 0.0487. The van der Waals surface area contributed by atoms with Crippen molar-refractivity contribution < 1.29 is 9.59 Å². The number of hydrogen-bond acceptors (Lipinski definition) is 2. The second-order valence-electron chi connectivity index (χ2n) is 6.83. The van der Waals surface area contributed by atoms with E-state index in [0.29, 0.717) is 32.6 Å². The van der Waals surface area contributed by atoms with Gasteiger partial charge in [0.05, 0.1) is 12.0 Å². The quantitative estimate of drug-likeness (QED) is 0.934. The fraction of sp³-hybridized carbons (Fsp3) is 0.400. The molecule has 1 aliphatic heterocycles. The van der Waals surface area contributed by atoms with Crippen LogP contribution in [-0.2, 0) is 11.2 Å². The second kappa shape index (κ2) is 7.13. The van der Waals surface area contributed by atoms with Crippen molar-refractivity contribution in [1.82, 2.24) is 14.8 Å². The van der Waals surface area contributed by atoms with Crippen molar-refractivity contribution >= 4 is 11.8 Å². The molecule has 1 aliphatic rings. The molecule has 2 heterocycles. The predicted molar refractivity (Wildman–Crippen MR) is 97.6 cm³/mol. The Balaban J connectivity index is 1.57. The summed E-state index contributed by atoms with van der Waals surface area (Å²) in [5, 5.41) is 0. The minimum absolute atomic E-state index is 0.0487. The van der Waals surface area contributed by atoms with Gasteiger partial charge in [0.1, 0.15) is 0 Å². The van der Waals surface area contributed by atoms with Crippen molar-refractivity contribution in [2.45, 2.75) is 27.2 Å². The van der Waals surface area contributed by atoms with Crippen LogP contribution in [0.1, 0.15) is 32.9 Å². The average molecular weight is 339 g/mol. The van der Waals surface area contributed by atoms with Crippen LogP contribution in [0.2, 0.25) is 0 Å². The van der Waals surface area contributed by atoms with E-state index in [-0.39, 0.29) is 11.8 Å². The molecule has 0 atom stereocenters. The van der Waals surface area contributed by atoms with Gasteiger partial charge in [-0.1, -0.05) is 29.8 Å². The lowest BCUT2D eigenvalue weighted by atomic mass is 10.1. The van der Waals surface area contributed by atoms with Gasteiger partial charge in [-0.25, -0.2) is 0 Å². The van der Waals surface area contributed by atoms with Crippen molar-refractivity contribution in [3.8, 4) is 0 Å². The molecule has 0 radical (unpaired) electrons. The summed E-state index contributed by atoms with van der Waals surface area (Å²) in [6.07, 6.45) is 0.422. The summed E-state index contributed by atoms with van der Waals surface area (Å²) in [5.74, 6) is 0.180. The molecule has 1 N–H and O–H groups in total. The molecule has 0 saturated carbocycles. The normalized spacial score (nSPS) is 14.7. The Labute approximate surface area is 148 Å². The molecule has 0 aliphatic carbocycles. The molecule has 0 unspecified atom stereocenters. The first-order chi connectivity index (χ1) is 11.9. The summed E-state index contributed by atoms with van der Waals surface area (Å²) >= 11 is 0. The number of carbonyl (C=O) groups excluding carboxylic acids is 2. The molecule has 25 heavy (non-hydrogen) atoms. The van der Waals surface area contributed by atoms with Gasteiger partial charge in [-0.3, -0.25) is 9.59 Å². The largest absolute Gasteiger partial charge is 0.362 e. The van der Waals surface area contributed by atoms with Gasteiger partial charge in [-0.2, -0.15) is 0 Å². The van der Waals surface area contributed by atoms with E-state index in [1.807, 2.05) is 54.8 Å². The number of amides is 2. The third-order valence-electron chi connectivity index (χ3n) is 4.74. The second-order valence-corrected chi connectivity index (χ2v) is 6.83. The summed E-state index contributed by atoms with van der Waals surface area (Å²) in [5.41, 5.74) is 4.84. The zero-order valence-electron chi connectivity index (χ0n) is 15.1. The molecule has 3 rings (SSSR count). The van der Waals surface area contributed by atoms with E-state index in [4.69, 9.17) is 0 Å². The summed E-state index contributed by atoms with van der Waals surface area (Å²) in [7, 11) is 0. The SMILES string of the molecule is Cc1cccc(CC(=O)N2CCN(C(=O)c3cc(C)[nH]c3C)CC2)c1. The molecular weight excluding hydrogens is 314 g/mol. The van der Waals surface area contributed by atoms with Crippen molar-refractivity contribution in [3.05, 3.63) is 58.4 Å². The Morgan fingerprint density at radius 2 is 1.68 bits per heavy atom. The number of benzene rings is 1. The highest BCUT2D eigenvalue weighted by atomic mass is 16.2.